The molecular weight excluding hydrogens is 372 g/mol. The van der Waals surface area contributed by atoms with Gasteiger partial charge in [0.15, 0.2) is 0 Å². The zero-order valence-corrected chi connectivity index (χ0v) is 17.3. The van der Waals surface area contributed by atoms with E-state index in [1.807, 2.05) is 36.4 Å². The lowest BCUT2D eigenvalue weighted by atomic mass is 10.1. The number of methoxy groups -OCH3 is 1. The second-order valence-electron chi connectivity index (χ2n) is 7.21. The molecule has 30 heavy (non-hydrogen) atoms. The number of hydrogen-bond donors (Lipinski definition) is 2. The zero-order chi connectivity index (χ0) is 20.8. The maximum absolute atomic E-state index is 5.22. The van der Waals surface area contributed by atoms with Crippen LogP contribution in [0, 0.1) is 0 Å². The number of benzene rings is 3. The van der Waals surface area contributed by atoms with Crippen LogP contribution in [0.1, 0.15) is 24.1 Å². The number of nitrogens with one attached hydrogen (secondary N) is 2. The van der Waals surface area contributed by atoms with Gasteiger partial charge in [0.2, 0.25) is 5.95 Å². The molecule has 4 rings (SSSR count). The van der Waals surface area contributed by atoms with Crippen molar-refractivity contribution in [3.63, 3.8) is 0 Å². The molecule has 0 spiro atoms. The van der Waals surface area contributed by atoms with Crippen molar-refractivity contribution in [2.75, 3.05) is 24.3 Å². The van der Waals surface area contributed by atoms with Gasteiger partial charge in [-0.05, 0) is 48.7 Å². The first-order chi connectivity index (χ1) is 14.7. The lowest BCUT2D eigenvalue weighted by Gasteiger charge is -2.17. The molecule has 0 amide bonds. The first kappa shape index (κ1) is 19.7. The number of nitrogens with zero attached hydrogens (tertiary/aromatic N) is 2. The third-order valence-electron chi connectivity index (χ3n) is 5.11. The van der Waals surface area contributed by atoms with Crippen LogP contribution in [0.2, 0.25) is 0 Å². The fraction of sp³-hybridized carbons (Fsp3) is 0.200. The van der Waals surface area contributed by atoms with E-state index in [2.05, 4.69) is 60.0 Å². The topological polar surface area (TPSA) is 59.1 Å². The Morgan fingerprint density at radius 2 is 1.60 bits per heavy atom. The minimum Gasteiger partial charge on any atom is -0.497 e. The van der Waals surface area contributed by atoms with Crippen LogP contribution in [0.15, 0.2) is 78.9 Å². The molecule has 0 aliphatic heterocycles. The summed E-state index contributed by atoms with van der Waals surface area (Å²) in [5.74, 6) is 2.33. The lowest BCUT2D eigenvalue weighted by Crippen LogP contribution is -2.12. The Kier molecular flexibility index (Phi) is 6.09. The van der Waals surface area contributed by atoms with Crippen molar-refractivity contribution >= 4 is 22.7 Å². The molecule has 0 saturated carbocycles. The summed E-state index contributed by atoms with van der Waals surface area (Å²) in [6, 6.07) is 26.7. The number of aromatic nitrogens is 2. The van der Waals surface area contributed by atoms with Gasteiger partial charge >= 0.3 is 0 Å². The molecule has 3 aromatic carbocycles. The van der Waals surface area contributed by atoms with Gasteiger partial charge < -0.3 is 15.4 Å². The van der Waals surface area contributed by atoms with Crippen LogP contribution < -0.4 is 15.4 Å². The highest BCUT2D eigenvalue weighted by Crippen LogP contribution is 2.26. The van der Waals surface area contributed by atoms with Crippen LogP contribution in [0.4, 0.5) is 11.8 Å². The predicted molar refractivity (Wildman–Crippen MR) is 123 cm³/mol. The molecule has 5 heteroatoms. The number of fused-ring (bicyclic) bond motifs is 1. The molecule has 1 aromatic heterocycles. The normalized spacial score (nSPS) is 11.8. The Bertz CT molecular complexity index is 1100. The monoisotopic (exact) mass is 398 g/mol. The van der Waals surface area contributed by atoms with E-state index in [-0.39, 0.29) is 6.04 Å². The van der Waals surface area contributed by atoms with Gasteiger partial charge in [0.25, 0.3) is 0 Å². The van der Waals surface area contributed by atoms with Crippen LogP contribution in [-0.4, -0.2) is 23.6 Å². The Labute approximate surface area is 177 Å². The largest absolute Gasteiger partial charge is 0.497 e. The minimum atomic E-state index is 0.136. The molecule has 1 heterocycles. The second-order valence-corrected chi connectivity index (χ2v) is 7.21. The molecule has 0 radical (unpaired) electrons. The van der Waals surface area contributed by atoms with Crippen molar-refractivity contribution in [1.29, 1.82) is 0 Å². The van der Waals surface area contributed by atoms with E-state index in [0.29, 0.717) is 5.95 Å². The Morgan fingerprint density at radius 3 is 2.37 bits per heavy atom. The molecule has 1 unspecified atom stereocenters. The van der Waals surface area contributed by atoms with Crippen molar-refractivity contribution < 1.29 is 4.74 Å². The fourth-order valence-corrected chi connectivity index (χ4v) is 3.41. The van der Waals surface area contributed by atoms with Crippen LogP contribution in [0.3, 0.4) is 0 Å². The van der Waals surface area contributed by atoms with E-state index in [1.165, 1.54) is 11.1 Å². The van der Waals surface area contributed by atoms with Gasteiger partial charge in [0.05, 0.1) is 12.6 Å². The van der Waals surface area contributed by atoms with Gasteiger partial charge in [-0.15, -0.1) is 0 Å². The SMILES string of the molecule is COc1ccc(CCNc2nc(NC(C)c3ccccc3)c3ccccc3n2)cc1. The first-order valence-corrected chi connectivity index (χ1v) is 10.2. The summed E-state index contributed by atoms with van der Waals surface area (Å²) >= 11 is 0. The van der Waals surface area contributed by atoms with E-state index in [0.717, 1.165) is 35.4 Å². The van der Waals surface area contributed by atoms with Gasteiger partial charge in [0.1, 0.15) is 11.6 Å². The molecule has 4 aromatic rings. The number of ether oxygens (including phenoxy) is 1. The van der Waals surface area contributed by atoms with E-state index in [4.69, 9.17) is 14.7 Å². The molecule has 0 saturated heterocycles. The summed E-state index contributed by atoms with van der Waals surface area (Å²) in [6.07, 6.45) is 0.878. The summed E-state index contributed by atoms with van der Waals surface area (Å²) in [6.45, 7) is 2.89. The average Bonchev–Trinajstić information content (AvgIpc) is 2.80. The summed E-state index contributed by atoms with van der Waals surface area (Å²) in [7, 11) is 1.68. The average molecular weight is 399 g/mol. The smallest absolute Gasteiger partial charge is 0.225 e. The number of rotatable bonds is 8. The third kappa shape index (κ3) is 4.69. The molecular formula is C25H26N4O. The maximum atomic E-state index is 5.22. The van der Waals surface area contributed by atoms with Crippen molar-refractivity contribution in [2.24, 2.45) is 0 Å². The Hall–Kier alpha value is -3.60. The minimum absolute atomic E-state index is 0.136. The Morgan fingerprint density at radius 1 is 0.867 bits per heavy atom. The molecule has 1 atom stereocenters. The van der Waals surface area contributed by atoms with Gasteiger partial charge in [0, 0.05) is 18.0 Å². The van der Waals surface area contributed by atoms with Crippen LogP contribution in [0.5, 0.6) is 5.75 Å². The van der Waals surface area contributed by atoms with Gasteiger partial charge in [-0.1, -0.05) is 54.6 Å². The highest BCUT2D eigenvalue weighted by atomic mass is 16.5. The maximum Gasteiger partial charge on any atom is 0.225 e. The van der Waals surface area contributed by atoms with Crippen LogP contribution in [0.25, 0.3) is 10.9 Å². The van der Waals surface area contributed by atoms with E-state index >= 15 is 0 Å². The van der Waals surface area contributed by atoms with E-state index in [9.17, 15) is 0 Å². The molecule has 0 aliphatic carbocycles. The number of anilines is 2. The number of hydrogen-bond acceptors (Lipinski definition) is 5. The molecule has 0 bridgehead atoms. The highest BCUT2D eigenvalue weighted by molar-refractivity contribution is 5.90. The quantitative estimate of drug-likeness (QED) is 0.412. The van der Waals surface area contributed by atoms with Crippen molar-refractivity contribution in [1.82, 2.24) is 9.97 Å². The third-order valence-corrected chi connectivity index (χ3v) is 5.11. The molecule has 152 valence electrons. The number of para-hydroxylation sites is 1. The van der Waals surface area contributed by atoms with Crippen molar-refractivity contribution in [3.8, 4) is 5.75 Å². The molecule has 5 nitrogen and oxygen atoms in total. The van der Waals surface area contributed by atoms with E-state index < -0.39 is 0 Å². The standard InChI is InChI=1S/C25H26N4O/c1-18(20-8-4-3-5-9-20)27-24-22-10-6-7-11-23(22)28-25(29-24)26-17-16-19-12-14-21(30-2)15-13-19/h3-15,18H,16-17H2,1-2H3,(H2,26,27,28,29). The second kappa shape index (κ2) is 9.27. The first-order valence-electron chi connectivity index (χ1n) is 10.2. The van der Waals surface area contributed by atoms with Crippen LogP contribution >= 0.6 is 0 Å². The predicted octanol–water partition coefficient (Wildman–Crippen LogP) is 5.47. The summed E-state index contributed by atoms with van der Waals surface area (Å²) in [5, 5.41) is 7.95. The summed E-state index contributed by atoms with van der Waals surface area (Å²) in [4.78, 5) is 9.46. The Balaban J connectivity index is 1.50. The van der Waals surface area contributed by atoms with Crippen LogP contribution in [-0.2, 0) is 6.42 Å². The molecule has 0 fully saturated rings. The molecule has 0 aliphatic rings. The van der Waals surface area contributed by atoms with Gasteiger partial charge in [-0.25, -0.2) is 4.98 Å². The zero-order valence-electron chi connectivity index (χ0n) is 17.3. The van der Waals surface area contributed by atoms with Gasteiger partial charge in [-0.2, -0.15) is 4.98 Å². The van der Waals surface area contributed by atoms with Crippen molar-refractivity contribution in [3.05, 3.63) is 90.0 Å². The fourth-order valence-electron chi connectivity index (χ4n) is 3.41. The lowest BCUT2D eigenvalue weighted by molar-refractivity contribution is 0.414. The van der Waals surface area contributed by atoms with E-state index in [1.54, 1.807) is 7.11 Å². The van der Waals surface area contributed by atoms with Crippen molar-refractivity contribution in [2.45, 2.75) is 19.4 Å². The van der Waals surface area contributed by atoms with Gasteiger partial charge in [-0.3, -0.25) is 0 Å². The summed E-state index contributed by atoms with van der Waals surface area (Å²) in [5.41, 5.74) is 3.37. The summed E-state index contributed by atoms with van der Waals surface area (Å²) < 4.78 is 5.22. The highest BCUT2D eigenvalue weighted by Gasteiger charge is 2.11. The molecule has 2 N–H and O–H groups in total.